The summed E-state index contributed by atoms with van der Waals surface area (Å²) in [5, 5.41) is 21.9. The molecule has 5 aromatic rings. The summed E-state index contributed by atoms with van der Waals surface area (Å²) < 4.78 is 10.6. The number of aliphatic hydroxyl groups is 1. The normalized spacial score (nSPS) is 17.0. The Morgan fingerprint density at radius 3 is 2.90 bits per heavy atom. The van der Waals surface area contributed by atoms with Gasteiger partial charge in [0, 0.05) is 23.4 Å². The first-order chi connectivity index (χ1) is 19.0. The van der Waals surface area contributed by atoms with E-state index in [1.54, 1.807) is 39.2 Å². The van der Waals surface area contributed by atoms with Crippen molar-refractivity contribution >= 4 is 33.2 Å². The highest BCUT2D eigenvalue weighted by molar-refractivity contribution is 9.10. The Labute approximate surface area is 237 Å². The number of benzene rings is 2. The van der Waals surface area contributed by atoms with Crippen molar-refractivity contribution in [3.05, 3.63) is 100 Å². The maximum absolute atomic E-state index is 13.5. The van der Waals surface area contributed by atoms with Gasteiger partial charge in [-0.15, -0.1) is 16.4 Å². The molecule has 0 spiro atoms. The van der Waals surface area contributed by atoms with E-state index in [1.807, 2.05) is 70.9 Å². The summed E-state index contributed by atoms with van der Waals surface area (Å²) >= 11 is 5.08. The Balaban J connectivity index is 1.12. The molecule has 1 amide bonds. The zero-order valence-electron chi connectivity index (χ0n) is 20.9. The smallest absolute Gasteiger partial charge is 0.257 e. The topological polar surface area (TPSA) is 98.3 Å². The predicted molar refractivity (Wildman–Crippen MR) is 151 cm³/mol. The molecule has 1 N–H and O–H groups in total. The molecule has 1 saturated heterocycles. The monoisotopic (exact) mass is 604 g/mol. The molecule has 9 nitrogen and oxygen atoms in total. The van der Waals surface area contributed by atoms with E-state index in [4.69, 9.17) is 4.74 Å². The average molecular weight is 606 g/mol. The van der Waals surface area contributed by atoms with Crippen LogP contribution in [-0.4, -0.2) is 59.1 Å². The minimum atomic E-state index is -1.11. The first-order valence-corrected chi connectivity index (χ1v) is 14.1. The van der Waals surface area contributed by atoms with Crippen molar-refractivity contribution in [1.82, 2.24) is 29.4 Å². The summed E-state index contributed by atoms with van der Waals surface area (Å²) in [4.78, 5) is 20.7. The molecule has 1 aliphatic heterocycles. The number of aromatic nitrogens is 5. The molecule has 4 heterocycles. The van der Waals surface area contributed by atoms with Gasteiger partial charge in [0.15, 0.2) is 0 Å². The minimum Gasteiger partial charge on any atom is -0.456 e. The number of ether oxygens (including phenoxy) is 1. The van der Waals surface area contributed by atoms with Crippen LogP contribution in [0.5, 0.6) is 11.5 Å². The summed E-state index contributed by atoms with van der Waals surface area (Å²) in [5.74, 6) is 1.80. The third-order valence-corrected chi connectivity index (χ3v) is 7.95. The number of imidazole rings is 1. The summed E-state index contributed by atoms with van der Waals surface area (Å²) in [6.45, 7) is 1.38. The fourth-order valence-corrected chi connectivity index (χ4v) is 5.87. The van der Waals surface area contributed by atoms with Gasteiger partial charge in [0.2, 0.25) is 0 Å². The van der Waals surface area contributed by atoms with Crippen LogP contribution >= 0.6 is 27.3 Å². The van der Waals surface area contributed by atoms with Crippen LogP contribution in [0.15, 0.2) is 89.1 Å². The van der Waals surface area contributed by atoms with Crippen LogP contribution in [0.3, 0.4) is 0 Å². The van der Waals surface area contributed by atoms with Gasteiger partial charge < -0.3 is 19.3 Å². The van der Waals surface area contributed by atoms with Gasteiger partial charge in [-0.1, -0.05) is 45.4 Å². The number of hydrogen-bond donors (Lipinski definition) is 1. The van der Waals surface area contributed by atoms with E-state index in [2.05, 4.69) is 31.2 Å². The molecule has 198 valence electrons. The first-order valence-electron chi connectivity index (χ1n) is 12.4. The highest BCUT2D eigenvalue weighted by Gasteiger charge is 2.39. The molecular formula is C28H25BrN6O3S. The number of thiophene rings is 1. The highest BCUT2D eigenvalue weighted by Crippen LogP contribution is 2.31. The zero-order chi connectivity index (χ0) is 26.8. The Morgan fingerprint density at radius 1 is 1.15 bits per heavy atom. The van der Waals surface area contributed by atoms with Crippen molar-refractivity contribution < 1.29 is 14.6 Å². The average Bonchev–Trinajstić information content (AvgIpc) is 3.73. The van der Waals surface area contributed by atoms with E-state index < -0.39 is 5.60 Å². The maximum Gasteiger partial charge on any atom is 0.257 e. The standard InChI is InChI=1S/C28H25BrN6O3S/c29-20-5-3-6-22(15-20)38-24-8-2-1-7-23(24)27(36)34-12-10-28(37,18-34)19-35-17-21(31-32-35)16-33-13-11-30-26(33)25-9-4-14-39-25/h1-9,11,13-15,17,37H,10,12,16,18-19H2. The Morgan fingerprint density at radius 2 is 2.05 bits per heavy atom. The molecule has 39 heavy (non-hydrogen) atoms. The van der Waals surface area contributed by atoms with Crippen LogP contribution < -0.4 is 4.74 Å². The van der Waals surface area contributed by atoms with Crippen molar-refractivity contribution in [2.24, 2.45) is 0 Å². The molecule has 2 aromatic carbocycles. The molecule has 11 heteroatoms. The van der Waals surface area contributed by atoms with Gasteiger partial charge in [-0.25, -0.2) is 9.67 Å². The van der Waals surface area contributed by atoms with Gasteiger partial charge in [0.1, 0.15) is 28.6 Å². The fraction of sp³-hybridized carbons (Fsp3) is 0.214. The molecule has 1 unspecified atom stereocenters. The number of hydrogen-bond acceptors (Lipinski definition) is 7. The van der Waals surface area contributed by atoms with Gasteiger partial charge in [0.05, 0.1) is 36.3 Å². The van der Waals surface area contributed by atoms with Crippen molar-refractivity contribution in [3.63, 3.8) is 0 Å². The molecule has 0 radical (unpaired) electrons. The number of para-hydroxylation sites is 1. The van der Waals surface area contributed by atoms with Crippen molar-refractivity contribution in [3.8, 4) is 22.2 Å². The molecule has 1 fully saturated rings. The van der Waals surface area contributed by atoms with E-state index in [9.17, 15) is 9.90 Å². The van der Waals surface area contributed by atoms with Gasteiger partial charge in [-0.3, -0.25) is 4.79 Å². The Hall–Kier alpha value is -3.80. The van der Waals surface area contributed by atoms with Crippen LogP contribution in [0.2, 0.25) is 0 Å². The molecule has 1 aliphatic rings. The minimum absolute atomic E-state index is 0.183. The number of rotatable bonds is 8. The van der Waals surface area contributed by atoms with Crippen molar-refractivity contribution in [2.75, 3.05) is 13.1 Å². The van der Waals surface area contributed by atoms with Gasteiger partial charge >= 0.3 is 0 Å². The van der Waals surface area contributed by atoms with Crippen LogP contribution in [0.25, 0.3) is 10.7 Å². The lowest BCUT2D eigenvalue weighted by molar-refractivity contribution is 0.0266. The third kappa shape index (κ3) is 5.65. The fourth-order valence-electron chi connectivity index (χ4n) is 4.75. The zero-order valence-corrected chi connectivity index (χ0v) is 23.3. The second kappa shape index (κ2) is 10.8. The molecular weight excluding hydrogens is 580 g/mol. The molecule has 1 atom stereocenters. The van der Waals surface area contributed by atoms with Gasteiger partial charge in [0.25, 0.3) is 5.91 Å². The lowest BCUT2D eigenvalue weighted by Crippen LogP contribution is -2.39. The summed E-state index contributed by atoms with van der Waals surface area (Å²) in [5.41, 5.74) is 0.100. The van der Waals surface area contributed by atoms with Crippen molar-refractivity contribution in [2.45, 2.75) is 25.1 Å². The van der Waals surface area contributed by atoms with Crippen LogP contribution in [0, 0.1) is 0 Å². The molecule has 0 aliphatic carbocycles. The second-order valence-electron chi connectivity index (χ2n) is 9.52. The van der Waals surface area contributed by atoms with E-state index in [0.29, 0.717) is 36.6 Å². The number of carbonyl (C=O) groups is 1. The largest absolute Gasteiger partial charge is 0.456 e. The highest BCUT2D eigenvalue weighted by atomic mass is 79.9. The lowest BCUT2D eigenvalue weighted by Gasteiger charge is -2.23. The number of likely N-dealkylation sites (tertiary alicyclic amines) is 1. The van der Waals surface area contributed by atoms with Crippen molar-refractivity contribution in [1.29, 1.82) is 0 Å². The third-order valence-electron chi connectivity index (χ3n) is 6.59. The van der Waals surface area contributed by atoms with Gasteiger partial charge in [-0.05, 0) is 48.2 Å². The Kier molecular flexibility index (Phi) is 7.03. The quantitative estimate of drug-likeness (QED) is 0.265. The summed E-state index contributed by atoms with van der Waals surface area (Å²) in [7, 11) is 0. The number of nitrogens with zero attached hydrogens (tertiary/aromatic N) is 6. The SMILES string of the molecule is O=C(c1ccccc1Oc1cccc(Br)c1)N1CCC(O)(Cn2cc(Cn3ccnc3-c3cccs3)nn2)C1. The molecule has 6 rings (SSSR count). The van der Waals surface area contributed by atoms with Crippen LogP contribution in [0.1, 0.15) is 22.5 Å². The molecule has 0 saturated carbocycles. The summed E-state index contributed by atoms with van der Waals surface area (Å²) in [6.07, 6.45) is 5.96. The number of halogens is 1. The molecule has 0 bridgehead atoms. The summed E-state index contributed by atoms with van der Waals surface area (Å²) in [6, 6.07) is 18.7. The first kappa shape index (κ1) is 25.5. The van der Waals surface area contributed by atoms with E-state index in [-0.39, 0.29) is 19.0 Å². The van der Waals surface area contributed by atoms with Crippen LogP contribution in [0.4, 0.5) is 0 Å². The van der Waals surface area contributed by atoms with E-state index in [1.165, 1.54) is 0 Å². The Bertz CT molecular complexity index is 1600. The predicted octanol–water partition coefficient (Wildman–Crippen LogP) is 5.08. The van der Waals surface area contributed by atoms with Gasteiger partial charge in [-0.2, -0.15) is 0 Å². The second-order valence-corrected chi connectivity index (χ2v) is 11.4. The lowest BCUT2D eigenvalue weighted by atomic mass is 10.0. The number of amides is 1. The number of β-amino-alcohol motifs (C(OH)–C–C–N with tert-alkyl or cyclic N) is 1. The van der Waals surface area contributed by atoms with Crippen LogP contribution in [-0.2, 0) is 13.1 Å². The van der Waals surface area contributed by atoms with E-state index in [0.717, 1.165) is 20.9 Å². The molecule has 3 aromatic heterocycles. The number of carbonyl (C=O) groups excluding carboxylic acids is 1. The maximum atomic E-state index is 13.5. The van der Waals surface area contributed by atoms with E-state index >= 15 is 0 Å².